The van der Waals surface area contributed by atoms with Crippen molar-refractivity contribution in [1.82, 2.24) is 0 Å². The Kier molecular flexibility index (Phi) is 7.00. The fourth-order valence-corrected chi connectivity index (χ4v) is 3.77. The first-order chi connectivity index (χ1) is 10.3. The van der Waals surface area contributed by atoms with Crippen LogP contribution in [-0.2, 0) is 0 Å². The van der Waals surface area contributed by atoms with Gasteiger partial charge in [-0.1, -0.05) is 23.8 Å². The number of alkyl halides is 1. The third-order valence-corrected chi connectivity index (χ3v) is 5.17. The highest BCUT2D eigenvalue weighted by Gasteiger charge is 2.25. The molecule has 2 aliphatic rings. The summed E-state index contributed by atoms with van der Waals surface area (Å²) < 4.78 is 12.0. The van der Waals surface area contributed by atoms with Crippen molar-refractivity contribution in [2.24, 2.45) is 17.8 Å². The molecule has 1 nitrogen and oxygen atoms in total. The number of hydrogen-bond acceptors (Lipinski definition) is 1. The molecule has 2 heteroatoms. The van der Waals surface area contributed by atoms with Gasteiger partial charge in [-0.25, -0.2) is 0 Å². The predicted octanol–water partition coefficient (Wildman–Crippen LogP) is 5.74. The minimum Gasteiger partial charge on any atom is -0.251 e. The molecule has 0 amide bonds. The summed E-state index contributed by atoms with van der Waals surface area (Å²) in [5.41, 5.74) is 1.68. The number of allylic oxidation sites excluding steroid dienone is 4. The Hall–Kier alpha value is -1.10. The van der Waals surface area contributed by atoms with Gasteiger partial charge in [-0.3, -0.25) is 4.39 Å². The zero-order valence-electron chi connectivity index (χ0n) is 13.1. The molecule has 1 atom stereocenters. The Balaban J connectivity index is 1.69. The van der Waals surface area contributed by atoms with Crippen molar-refractivity contribution in [2.45, 2.75) is 64.2 Å². The third kappa shape index (κ3) is 5.30. The van der Waals surface area contributed by atoms with Gasteiger partial charge in [0.15, 0.2) is 0 Å². The summed E-state index contributed by atoms with van der Waals surface area (Å²) in [5, 5.41) is 8.97. The number of nitrogens with zero attached hydrogens (tertiary/aromatic N) is 1. The fourth-order valence-electron chi connectivity index (χ4n) is 3.77. The highest BCUT2D eigenvalue weighted by Crippen LogP contribution is 2.38. The highest BCUT2D eigenvalue weighted by atomic mass is 19.1. The van der Waals surface area contributed by atoms with E-state index < -0.39 is 0 Å². The lowest BCUT2D eigenvalue weighted by atomic mass is 9.74. The van der Waals surface area contributed by atoms with E-state index in [1.165, 1.54) is 38.5 Å². The number of nitriles is 1. The van der Waals surface area contributed by atoms with E-state index in [0.29, 0.717) is 12.3 Å². The number of hydrogen-bond donors (Lipinski definition) is 0. The SMILES string of the molecule is N#C[C@H]1CC[C@H](C2=CCC(CC/C=C/CCF)CC2)CC1. The lowest BCUT2D eigenvalue weighted by Gasteiger charge is -2.31. The summed E-state index contributed by atoms with van der Waals surface area (Å²) in [4.78, 5) is 0. The zero-order valence-corrected chi connectivity index (χ0v) is 13.1. The molecule has 0 bridgehead atoms. The second-order valence-electron chi connectivity index (χ2n) is 6.62. The number of halogens is 1. The molecular weight excluding hydrogens is 261 g/mol. The van der Waals surface area contributed by atoms with Gasteiger partial charge in [0.25, 0.3) is 0 Å². The Labute approximate surface area is 128 Å². The summed E-state index contributed by atoms with van der Waals surface area (Å²) in [5.74, 6) is 1.90. The molecule has 0 saturated heterocycles. The highest BCUT2D eigenvalue weighted by molar-refractivity contribution is 5.12. The normalized spacial score (nSPS) is 30.1. The average molecular weight is 289 g/mol. The van der Waals surface area contributed by atoms with Crippen LogP contribution in [0.2, 0.25) is 0 Å². The Morgan fingerprint density at radius 1 is 1.14 bits per heavy atom. The molecule has 0 heterocycles. The molecule has 1 saturated carbocycles. The van der Waals surface area contributed by atoms with Gasteiger partial charge in [0.05, 0.1) is 12.7 Å². The van der Waals surface area contributed by atoms with Crippen molar-refractivity contribution in [3.05, 3.63) is 23.8 Å². The van der Waals surface area contributed by atoms with E-state index in [1.807, 2.05) is 6.08 Å². The summed E-state index contributed by atoms with van der Waals surface area (Å²) in [6, 6.07) is 2.42. The second kappa shape index (κ2) is 9.03. The summed E-state index contributed by atoms with van der Waals surface area (Å²) in [6.45, 7) is -0.236. The van der Waals surface area contributed by atoms with Crippen LogP contribution in [0.1, 0.15) is 64.2 Å². The van der Waals surface area contributed by atoms with Crippen molar-refractivity contribution in [3.63, 3.8) is 0 Å². The lowest BCUT2D eigenvalue weighted by molar-refractivity contribution is 0.328. The molecule has 0 aromatic rings. The van der Waals surface area contributed by atoms with Gasteiger partial charge in [-0.15, -0.1) is 0 Å². The first-order valence-corrected chi connectivity index (χ1v) is 8.63. The predicted molar refractivity (Wildman–Crippen MR) is 85.5 cm³/mol. The molecule has 2 rings (SSSR count). The van der Waals surface area contributed by atoms with Crippen LogP contribution in [0.25, 0.3) is 0 Å². The lowest BCUT2D eigenvalue weighted by Crippen LogP contribution is -2.18. The van der Waals surface area contributed by atoms with Crippen molar-refractivity contribution in [3.8, 4) is 6.07 Å². The van der Waals surface area contributed by atoms with E-state index in [-0.39, 0.29) is 6.67 Å². The molecule has 0 radical (unpaired) electrons. The quantitative estimate of drug-likeness (QED) is 0.572. The van der Waals surface area contributed by atoms with Crippen molar-refractivity contribution in [2.75, 3.05) is 6.67 Å². The maximum Gasteiger partial charge on any atom is 0.0928 e. The van der Waals surface area contributed by atoms with Gasteiger partial charge in [-0.05, 0) is 76.0 Å². The number of rotatable bonds is 6. The van der Waals surface area contributed by atoms with Gasteiger partial charge >= 0.3 is 0 Å². The van der Waals surface area contributed by atoms with Crippen LogP contribution in [0.15, 0.2) is 23.8 Å². The summed E-state index contributed by atoms with van der Waals surface area (Å²) >= 11 is 0. The van der Waals surface area contributed by atoms with Gasteiger partial charge in [0, 0.05) is 5.92 Å². The molecule has 0 aromatic carbocycles. The van der Waals surface area contributed by atoms with Crippen molar-refractivity contribution < 1.29 is 4.39 Å². The molecule has 0 aromatic heterocycles. The monoisotopic (exact) mass is 289 g/mol. The molecule has 0 N–H and O–H groups in total. The molecule has 0 spiro atoms. The van der Waals surface area contributed by atoms with E-state index in [0.717, 1.165) is 31.1 Å². The second-order valence-corrected chi connectivity index (χ2v) is 6.62. The topological polar surface area (TPSA) is 23.8 Å². The standard InChI is InChI=1S/C19H28FN/c20-14-4-2-1-3-5-16-6-10-18(11-7-16)19-12-8-17(15-21)9-13-19/h1-2,10,16-17,19H,3-9,11-14H2/b2-1+/t16?,17-,19-. The van der Waals surface area contributed by atoms with E-state index in [4.69, 9.17) is 5.26 Å². The molecule has 0 aliphatic heterocycles. The van der Waals surface area contributed by atoms with Gasteiger partial charge < -0.3 is 0 Å². The minimum absolute atomic E-state index is 0.236. The van der Waals surface area contributed by atoms with Crippen LogP contribution >= 0.6 is 0 Å². The molecule has 1 unspecified atom stereocenters. The van der Waals surface area contributed by atoms with E-state index in [2.05, 4.69) is 18.2 Å². The van der Waals surface area contributed by atoms with E-state index in [1.54, 1.807) is 5.57 Å². The Morgan fingerprint density at radius 2 is 1.90 bits per heavy atom. The average Bonchev–Trinajstić information content (AvgIpc) is 2.55. The fraction of sp³-hybridized carbons (Fsp3) is 0.737. The first-order valence-electron chi connectivity index (χ1n) is 8.63. The van der Waals surface area contributed by atoms with Gasteiger partial charge in [-0.2, -0.15) is 5.26 Å². The van der Waals surface area contributed by atoms with Gasteiger partial charge in [0.1, 0.15) is 0 Å². The van der Waals surface area contributed by atoms with Crippen LogP contribution in [0, 0.1) is 29.1 Å². The van der Waals surface area contributed by atoms with Crippen LogP contribution < -0.4 is 0 Å². The largest absolute Gasteiger partial charge is 0.251 e. The van der Waals surface area contributed by atoms with Crippen LogP contribution in [-0.4, -0.2) is 6.67 Å². The summed E-state index contributed by atoms with van der Waals surface area (Å²) in [7, 11) is 0. The van der Waals surface area contributed by atoms with Crippen molar-refractivity contribution in [1.29, 1.82) is 5.26 Å². The van der Waals surface area contributed by atoms with Crippen molar-refractivity contribution >= 4 is 0 Å². The molecule has 21 heavy (non-hydrogen) atoms. The maximum absolute atomic E-state index is 12.0. The van der Waals surface area contributed by atoms with E-state index >= 15 is 0 Å². The third-order valence-electron chi connectivity index (χ3n) is 5.17. The molecule has 116 valence electrons. The van der Waals surface area contributed by atoms with E-state index in [9.17, 15) is 4.39 Å². The smallest absolute Gasteiger partial charge is 0.0928 e. The zero-order chi connectivity index (χ0) is 14.9. The Morgan fingerprint density at radius 3 is 2.52 bits per heavy atom. The molecule has 2 aliphatic carbocycles. The maximum atomic E-state index is 12.0. The van der Waals surface area contributed by atoms with Crippen LogP contribution in [0.4, 0.5) is 4.39 Å². The first kappa shape index (κ1) is 16.3. The Bertz CT molecular complexity index is 396. The summed E-state index contributed by atoms with van der Waals surface area (Å²) in [6.07, 6.45) is 18.0. The van der Waals surface area contributed by atoms with Gasteiger partial charge in [0.2, 0.25) is 0 Å². The van der Waals surface area contributed by atoms with Crippen LogP contribution in [0.3, 0.4) is 0 Å². The minimum atomic E-state index is -0.236. The molecular formula is C19H28FN. The van der Waals surface area contributed by atoms with Crippen LogP contribution in [0.5, 0.6) is 0 Å². The molecule has 1 fully saturated rings.